The van der Waals surface area contributed by atoms with Gasteiger partial charge in [-0.1, -0.05) is 15.9 Å². The summed E-state index contributed by atoms with van der Waals surface area (Å²) in [5.41, 5.74) is -1.92. The maximum absolute atomic E-state index is 10.6. The maximum atomic E-state index is 10.6. The maximum Gasteiger partial charge on any atom is 0.320 e. The van der Waals surface area contributed by atoms with Crippen LogP contribution in [-0.2, 0) is 14.4 Å². The molecule has 0 heterocycles. The lowest BCUT2D eigenvalue weighted by atomic mass is 9.86. The first-order valence-electron chi connectivity index (χ1n) is 3.40. The van der Waals surface area contributed by atoms with Crippen LogP contribution in [0.2, 0.25) is 0 Å². The minimum atomic E-state index is -1.92. The van der Waals surface area contributed by atoms with Crippen LogP contribution in [0.15, 0.2) is 0 Å². The number of hydrogen-bond donors (Lipinski definition) is 2. The van der Waals surface area contributed by atoms with E-state index < -0.39 is 22.2 Å². The van der Waals surface area contributed by atoms with Crippen molar-refractivity contribution in [1.29, 1.82) is 0 Å². The van der Waals surface area contributed by atoms with Crippen molar-refractivity contribution in [3.05, 3.63) is 0 Å². The molecule has 0 spiro atoms. The van der Waals surface area contributed by atoms with Crippen molar-refractivity contribution >= 4 is 34.2 Å². The lowest BCUT2D eigenvalue weighted by Gasteiger charge is -2.19. The van der Waals surface area contributed by atoms with Crippen molar-refractivity contribution < 1.29 is 24.6 Å². The van der Waals surface area contributed by atoms with E-state index in [0.29, 0.717) is 6.29 Å². The fourth-order valence-corrected chi connectivity index (χ4v) is 1.35. The predicted molar refractivity (Wildman–Crippen MR) is 46.8 cm³/mol. The topological polar surface area (TPSA) is 91.7 Å². The van der Waals surface area contributed by atoms with Crippen LogP contribution in [0.1, 0.15) is 13.3 Å². The molecule has 0 saturated heterocycles. The molecule has 0 aromatic carbocycles. The van der Waals surface area contributed by atoms with Crippen LogP contribution in [0.25, 0.3) is 0 Å². The second kappa shape index (κ2) is 4.36. The van der Waals surface area contributed by atoms with Gasteiger partial charge in [0.05, 0.1) is 4.83 Å². The summed E-state index contributed by atoms with van der Waals surface area (Å²) in [4.78, 5) is 30.6. The Labute approximate surface area is 82.9 Å². The molecule has 0 rings (SSSR count). The molecule has 0 amide bonds. The van der Waals surface area contributed by atoms with E-state index in [2.05, 4.69) is 15.9 Å². The summed E-state index contributed by atoms with van der Waals surface area (Å²) in [6, 6.07) is 0. The summed E-state index contributed by atoms with van der Waals surface area (Å²) >= 11 is 2.85. The predicted octanol–water partition coefficient (Wildman–Crippen LogP) is 0.514. The zero-order chi connectivity index (χ0) is 10.6. The molecule has 74 valence electrons. The molecule has 0 aliphatic carbocycles. The summed E-state index contributed by atoms with van der Waals surface area (Å²) in [6.45, 7) is 1.06. The van der Waals surface area contributed by atoms with E-state index in [9.17, 15) is 14.4 Å². The Bertz CT molecular complexity index is 223. The lowest BCUT2D eigenvalue weighted by Crippen LogP contribution is -2.38. The van der Waals surface area contributed by atoms with Crippen LogP contribution >= 0.6 is 15.9 Å². The lowest BCUT2D eigenvalue weighted by molar-refractivity contribution is -0.163. The van der Waals surface area contributed by atoms with Gasteiger partial charge in [0.25, 0.3) is 0 Å². The van der Waals surface area contributed by atoms with Gasteiger partial charge in [0.1, 0.15) is 6.29 Å². The molecule has 1 unspecified atom stereocenters. The molecule has 0 aliphatic heterocycles. The molecule has 5 nitrogen and oxygen atoms in total. The molecule has 6 heteroatoms. The highest BCUT2D eigenvalue weighted by Gasteiger charge is 2.42. The number of aldehydes is 1. The molecule has 1 atom stereocenters. The van der Waals surface area contributed by atoms with Crippen LogP contribution in [0, 0.1) is 5.41 Å². The Morgan fingerprint density at radius 3 is 2.08 bits per heavy atom. The fourth-order valence-electron chi connectivity index (χ4n) is 0.704. The van der Waals surface area contributed by atoms with Crippen LogP contribution in [-0.4, -0.2) is 33.3 Å². The fraction of sp³-hybridized carbons (Fsp3) is 0.571. The van der Waals surface area contributed by atoms with Gasteiger partial charge in [0, 0.05) is 0 Å². The molecule has 0 bridgehead atoms. The largest absolute Gasteiger partial charge is 0.480 e. The van der Waals surface area contributed by atoms with Crippen LogP contribution in [0.3, 0.4) is 0 Å². The summed E-state index contributed by atoms with van der Waals surface area (Å²) in [6.07, 6.45) is 0.186. The van der Waals surface area contributed by atoms with E-state index in [1.807, 2.05) is 0 Å². The standard InChI is InChI=1S/C7H9BrO5/c1-7(5(10)11,6(12)13)2-4(8)3-9/h3-4H,2H2,1H3,(H,10,11)(H,12,13). The molecule has 0 fully saturated rings. The van der Waals surface area contributed by atoms with Gasteiger partial charge in [-0.25, -0.2) is 0 Å². The van der Waals surface area contributed by atoms with Gasteiger partial charge >= 0.3 is 11.9 Å². The number of carbonyl (C=O) groups is 3. The number of carboxylic acids is 2. The first kappa shape index (κ1) is 12.1. The van der Waals surface area contributed by atoms with Crippen molar-refractivity contribution in [1.82, 2.24) is 0 Å². The second-order valence-electron chi connectivity index (χ2n) is 2.80. The number of alkyl halides is 1. The molecule has 2 N–H and O–H groups in total. The molecular weight excluding hydrogens is 244 g/mol. The van der Waals surface area contributed by atoms with Crippen LogP contribution in [0.4, 0.5) is 0 Å². The van der Waals surface area contributed by atoms with Gasteiger partial charge in [-0.3, -0.25) is 9.59 Å². The van der Waals surface area contributed by atoms with Crippen molar-refractivity contribution in [2.24, 2.45) is 5.41 Å². The summed E-state index contributed by atoms with van der Waals surface area (Å²) in [7, 11) is 0. The Morgan fingerprint density at radius 1 is 1.46 bits per heavy atom. The van der Waals surface area contributed by atoms with E-state index in [1.165, 1.54) is 0 Å². The molecule has 0 aliphatic rings. The number of aliphatic carboxylic acids is 2. The third-order valence-corrected chi connectivity index (χ3v) is 2.23. The van der Waals surface area contributed by atoms with Gasteiger partial charge in [0.15, 0.2) is 5.41 Å². The van der Waals surface area contributed by atoms with E-state index in [0.717, 1.165) is 6.92 Å². The highest BCUT2D eigenvalue weighted by molar-refractivity contribution is 9.09. The molecule has 0 aromatic rings. The van der Waals surface area contributed by atoms with Gasteiger partial charge in [-0.2, -0.15) is 0 Å². The first-order chi connectivity index (χ1) is 5.84. The SMILES string of the molecule is CC(CC(Br)C=O)(C(=O)O)C(=O)O. The number of rotatable bonds is 5. The van der Waals surface area contributed by atoms with Gasteiger partial charge in [-0.15, -0.1) is 0 Å². The van der Waals surface area contributed by atoms with Crippen molar-refractivity contribution in [3.8, 4) is 0 Å². The molecular formula is C7H9BrO5. The number of hydrogen-bond acceptors (Lipinski definition) is 3. The van der Waals surface area contributed by atoms with Crippen molar-refractivity contribution in [3.63, 3.8) is 0 Å². The van der Waals surface area contributed by atoms with E-state index in [-0.39, 0.29) is 6.42 Å². The summed E-state index contributed by atoms with van der Waals surface area (Å²) in [5.74, 6) is -2.90. The summed E-state index contributed by atoms with van der Waals surface area (Å²) in [5, 5.41) is 17.3. The molecule has 13 heavy (non-hydrogen) atoms. The minimum Gasteiger partial charge on any atom is -0.480 e. The zero-order valence-corrected chi connectivity index (χ0v) is 8.44. The van der Waals surface area contributed by atoms with E-state index in [4.69, 9.17) is 10.2 Å². The minimum absolute atomic E-state index is 0.277. The summed E-state index contributed by atoms with van der Waals surface area (Å²) < 4.78 is 0. The number of halogens is 1. The number of carboxylic acid groups (broad SMARTS) is 2. The van der Waals surface area contributed by atoms with Crippen molar-refractivity contribution in [2.45, 2.75) is 18.2 Å². The first-order valence-corrected chi connectivity index (χ1v) is 4.32. The average Bonchev–Trinajstić information content (AvgIpc) is 2.03. The normalized spacial score (nSPS) is 13.4. The van der Waals surface area contributed by atoms with Gasteiger partial charge < -0.3 is 15.0 Å². The highest BCUT2D eigenvalue weighted by atomic mass is 79.9. The van der Waals surface area contributed by atoms with Gasteiger partial charge in [-0.05, 0) is 13.3 Å². The Kier molecular flexibility index (Phi) is 4.06. The third-order valence-electron chi connectivity index (χ3n) is 1.69. The quantitative estimate of drug-likeness (QED) is 0.423. The van der Waals surface area contributed by atoms with E-state index in [1.54, 1.807) is 0 Å². The smallest absolute Gasteiger partial charge is 0.320 e. The van der Waals surface area contributed by atoms with Gasteiger partial charge in [0.2, 0.25) is 0 Å². The zero-order valence-electron chi connectivity index (χ0n) is 6.86. The third kappa shape index (κ3) is 2.80. The number of carbonyl (C=O) groups excluding carboxylic acids is 1. The van der Waals surface area contributed by atoms with Crippen molar-refractivity contribution in [2.75, 3.05) is 0 Å². The monoisotopic (exact) mass is 252 g/mol. The van der Waals surface area contributed by atoms with E-state index >= 15 is 0 Å². The highest BCUT2D eigenvalue weighted by Crippen LogP contribution is 2.26. The molecule has 0 saturated carbocycles. The van der Waals surface area contributed by atoms with Crippen LogP contribution < -0.4 is 0 Å². The Balaban J connectivity index is 4.71. The second-order valence-corrected chi connectivity index (χ2v) is 3.97. The molecule has 0 aromatic heterocycles. The molecule has 0 radical (unpaired) electrons. The Hall–Kier alpha value is -0.910. The average molecular weight is 253 g/mol. The Morgan fingerprint density at radius 2 is 1.85 bits per heavy atom. The van der Waals surface area contributed by atoms with Crippen LogP contribution in [0.5, 0.6) is 0 Å².